The van der Waals surface area contributed by atoms with Gasteiger partial charge in [-0.1, -0.05) is 6.07 Å². The van der Waals surface area contributed by atoms with Gasteiger partial charge in [0.15, 0.2) is 0 Å². The summed E-state index contributed by atoms with van der Waals surface area (Å²) in [4.78, 5) is 42.9. The van der Waals surface area contributed by atoms with Crippen molar-refractivity contribution >= 4 is 22.6 Å². The molecule has 0 spiro atoms. The minimum absolute atomic E-state index is 0.0108. The third-order valence-corrected chi connectivity index (χ3v) is 4.17. The maximum atomic E-state index is 12.8. The fraction of sp³-hybridized carbons (Fsp3) is 0.222. The maximum absolute atomic E-state index is 12.8. The van der Waals surface area contributed by atoms with Crippen molar-refractivity contribution in [2.45, 2.75) is 26.6 Å². The van der Waals surface area contributed by atoms with Crippen LogP contribution in [0, 0.1) is 6.92 Å². The standard InChI is InChI=1S/C18H15F3N4O3/c1-3-25-14-13(16(27)24-17(25)28)8-12(9(2)22-14)15(26)23-11-6-4-5-10(7-11)18(19,20)21/h4-8H,3H2,1-2H3,(H,23,26)(H,24,27,28). The second kappa shape index (κ2) is 6.95. The van der Waals surface area contributed by atoms with Gasteiger partial charge in [-0.25, -0.2) is 9.78 Å². The first kappa shape index (κ1) is 19.3. The Balaban J connectivity index is 2.05. The molecular formula is C18H15F3N4O3. The highest BCUT2D eigenvalue weighted by Gasteiger charge is 2.30. The molecule has 1 amide bonds. The smallest absolute Gasteiger partial charge is 0.322 e. The van der Waals surface area contributed by atoms with Gasteiger partial charge in [0.2, 0.25) is 0 Å². The molecule has 28 heavy (non-hydrogen) atoms. The molecule has 0 unspecified atom stereocenters. The molecule has 0 atom stereocenters. The fourth-order valence-electron chi connectivity index (χ4n) is 2.79. The Morgan fingerprint density at radius 1 is 1.25 bits per heavy atom. The lowest BCUT2D eigenvalue weighted by Gasteiger charge is -2.12. The van der Waals surface area contributed by atoms with Crippen molar-refractivity contribution in [3.05, 3.63) is 68.0 Å². The zero-order chi connectivity index (χ0) is 20.6. The van der Waals surface area contributed by atoms with Crippen molar-refractivity contribution in [1.82, 2.24) is 14.5 Å². The Bertz CT molecular complexity index is 1200. The monoisotopic (exact) mass is 392 g/mol. The van der Waals surface area contributed by atoms with Crippen molar-refractivity contribution in [3.8, 4) is 0 Å². The van der Waals surface area contributed by atoms with Crippen LogP contribution in [0.2, 0.25) is 0 Å². The van der Waals surface area contributed by atoms with E-state index in [-0.39, 0.29) is 34.5 Å². The number of hydrogen-bond donors (Lipinski definition) is 2. The summed E-state index contributed by atoms with van der Waals surface area (Å²) in [5.74, 6) is -0.722. The van der Waals surface area contributed by atoms with E-state index in [1.54, 1.807) is 6.92 Å². The molecule has 3 aromatic rings. The molecule has 0 aliphatic rings. The summed E-state index contributed by atoms with van der Waals surface area (Å²) in [5.41, 5.74) is -1.91. The zero-order valence-corrected chi connectivity index (χ0v) is 14.8. The average Bonchev–Trinajstić information content (AvgIpc) is 2.61. The highest BCUT2D eigenvalue weighted by Crippen LogP contribution is 2.30. The third-order valence-electron chi connectivity index (χ3n) is 4.17. The molecule has 0 aliphatic carbocycles. The molecular weight excluding hydrogens is 377 g/mol. The molecule has 0 saturated heterocycles. The van der Waals surface area contributed by atoms with Gasteiger partial charge in [-0.05, 0) is 38.1 Å². The van der Waals surface area contributed by atoms with Gasteiger partial charge in [0, 0.05) is 12.2 Å². The van der Waals surface area contributed by atoms with Crippen molar-refractivity contribution in [1.29, 1.82) is 0 Å². The second-order valence-corrected chi connectivity index (χ2v) is 6.03. The molecule has 0 radical (unpaired) electrons. The third kappa shape index (κ3) is 3.53. The summed E-state index contributed by atoms with van der Waals surface area (Å²) in [6.07, 6.45) is -4.54. The van der Waals surface area contributed by atoms with Gasteiger partial charge in [0.1, 0.15) is 5.65 Å². The summed E-state index contributed by atoms with van der Waals surface area (Å²) in [7, 11) is 0. The van der Waals surface area contributed by atoms with Crippen molar-refractivity contribution in [2.24, 2.45) is 0 Å². The topological polar surface area (TPSA) is 96.9 Å². The number of H-pyrrole nitrogens is 1. The number of hydrogen-bond acceptors (Lipinski definition) is 4. The number of aromatic nitrogens is 3. The lowest BCUT2D eigenvalue weighted by atomic mass is 10.1. The van der Waals surface area contributed by atoms with Crippen LogP contribution in [0.1, 0.15) is 28.5 Å². The predicted molar refractivity (Wildman–Crippen MR) is 96.4 cm³/mol. The van der Waals surface area contributed by atoms with Crippen LogP contribution in [-0.4, -0.2) is 20.4 Å². The van der Waals surface area contributed by atoms with E-state index in [9.17, 15) is 27.6 Å². The number of rotatable bonds is 3. The second-order valence-electron chi connectivity index (χ2n) is 6.03. The first-order valence-electron chi connectivity index (χ1n) is 8.25. The van der Waals surface area contributed by atoms with Crippen LogP contribution in [0.25, 0.3) is 11.0 Å². The molecule has 3 rings (SSSR count). The van der Waals surface area contributed by atoms with Gasteiger partial charge in [0.25, 0.3) is 11.5 Å². The van der Waals surface area contributed by atoms with Crippen molar-refractivity contribution in [3.63, 3.8) is 0 Å². The Labute approximate surface area is 155 Å². The number of carbonyl (C=O) groups is 1. The fourth-order valence-corrected chi connectivity index (χ4v) is 2.79. The Morgan fingerprint density at radius 3 is 2.61 bits per heavy atom. The number of halogens is 3. The summed E-state index contributed by atoms with van der Waals surface area (Å²) >= 11 is 0. The summed E-state index contributed by atoms with van der Waals surface area (Å²) < 4.78 is 39.7. The molecule has 0 aliphatic heterocycles. The van der Waals surface area contributed by atoms with Gasteiger partial charge < -0.3 is 5.32 Å². The lowest BCUT2D eigenvalue weighted by Crippen LogP contribution is -2.31. The van der Waals surface area contributed by atoms with E-state index >= 15 is 0 Å². The number of carbonyl (C=O) groups excluding carboxylic acids is 1. The SMILES string of the molecule is CCn1c(=O)[nH]c(=O)c2cc(C(=O)Nc3cccc(C(F)(F)F)c3)c(C)nc21. The van der Waals surface area contributed by atoms with E-state index in [1.807, 2.05) is 0 Å². The molecule has 0 saturated carbocycles. The number of aromatic amines is 1. The van der Waals surface area contributed by atoms with E-state index in [2.05, 4.69) is 15.3 Å². The van der Waals surface area contributed by atoms with Gasteiger partial charge in [-0.3, -0.25) is 19.1 Å². The van der Waals surface area contributed by atoms with Crippen molar-refractivity contribution < 1.29 is 18.0 Å². The van der Waals surface area contributed by atoms with E-state index in [0.717, 1.165) is 12.1 Å². The molecule has 2 N–H and O–H groups in total. The largest absolute Gasteiger partial charge is 0.416 e. The number of fused-ring (bicyclic) bond motifs is 1. The minimum atomic E-state index is -4.54. The number of benzene rings is 1. The number of amides is 1. The van der Waals surface area contributed by atoms with E-state index in [4.69, 9.17) is 0 Å². The van der Waals surface area contributed by atoms with Crippen LogP contribution < -0.4 is 16.6 Å². The number of alkyl halides is 3. The van der Waals surface area contributed by atoms with Crippen LogP contribution in [0.15, 0.2) is 39.9 Å². The van der Waals surface area contributed by atoms with Crippen LogP contribution in [0.3, 0.4) is 0 Å². The highest BCUT2D eigenvalue weighted by molar-refractivity contribution is 6.06. The first-order valence-corrected chi connectivity index (χ1v) is 8.25. The first-order chi connectivity index (χ1) is 13.1. The number of pyridine rings is 1. The lowest BCUT2D eigenvalue weighted by molar-refractivity contribution is -0.137. The van der Waals surface area contributed by atoms with Crippen LogP contribution in [0.4, 0.5) is 18.9 Å². The van der Waals surface area contributed by atoms with E-state index in [0.29, 0.717) is 0 Å². The van der Waals surface area contributed by atoms with Crippen LogP contribution in [0.5, 0.6) is 0 Å². The molecule has 146 valence electrons. The normalized spacial score (nSPS) is 11.6. The molecule has 0 fully saturated rings. The molecule has 7 nitrogen and oxygen atoms in total. The molecule has 2 aromatic heterocycles. The predicted octanol–water partition coefficient (Wildman–Crippen LogP) is 2.68. The molecule has 10 heteroatoms. The van der Waals surface area contributed by atoms with Gasteiger partial charge in [0.05, 0.1) is 22.2 Å². The van der Waals surface area contributed by atoms with Gasteiger partial charge in [-0.15, -0.1) is 0 Å². The average molecular weight is 392 g/mol. The van der Waals surface area contributed by atoms with Crippen LogP contribution >= 0.6 is 0 Å². The summed E-state index contributed by atoms with van der Waals surface area (Å²) in [5, 5.41) is 2.40. The number of nitrogens with zero attached hydrogens (tertiary/aromatic N) is 2. The maximum Gasteiger partial charge on any atom is 0.416 e. The Kier molecular flexibility index (Phi) is 4.80. The molecule has 0 bridgehead atoms. The van der Waals surface area contributed by atoms with E-state index < -0.39 is 28.9 Å². The minimum Gasteiger partial charge on any atom is -0.322 e. The summed E-state index contributed by atoms with van der Waals surface area (Å²) in [6.45, 7) is 3.46. The number of anilines is 1. The number of nitrogens with one attached hydrogen (secondary N) is 2. The van der Waals surface area contributed by atoms with Gasteiger partial charge >= 0.3 is 11.9 Å². The summed E-state index contributed by atoms with van der Waals surface area (Å²) in [6, 6.07) is 5.46. The zero-order valence-electron chi connectivity index (χ0n) is 14.8. The Hall–Kier alpha value is -3.43. The molecule has 2 heterocycles. The van der Waals surface area contributed by atoms with Crippen molar-refractivity contribution in [2.75, 3.05) is 5.32 Å². The Morgan fingerprint density at radius 2 is 1.96 bits per heavy atom. The van der Waals surface area contributed by atoms with Gasteiger partial charge in [-0.2, -0.15) is 13.2 Å². The number of aryl methyl sites for hydroxylation is 2. The van der Waals surface area contributed by atoms with Crippen LogP contribution in [-0.2, 0) is 12.7 Å². The molecule has 1 aromatic carbocycles. The highest BCUT2D eigenvalue weighted by atomic mass is 19.4. The quantitative estimate of drug-likeness (QED) is 0.716. The van der Waals surface area contributed by atoms with E-state index in [1.165, 1.54) is 29.7 Å².